The van der Waals surface area contributed by atoms with Gasteiger partial charge in [0, 0.05) is 46.3 Å². The summed E-state index contributed by atoms with van der Waals surface area (Å²) in [5.41, 5.74) is 0. The first-order valence-electron chi connectivity index (χ1n) is 9.96. The molecule has 0 aromatic carbocycles. The van der Waals surface area contributed by atoms with Crippen LogP contribution in [0.5, 0.6) is 0 Å². The Bertz CT molecular complexity index is 426. The number of ether oxygens (including phenoxy) is 2. The van der Waals surface area contributed by atoms with E-state index in [0.29, 0.717) is 17.9 Å². The summed E-state index contributed by atoms with van der Waals surface area (Å²) in [5.74, 6) is 1.48. The van der Waals surface area contributed by atoms with Gasteiger partial charge in [-0.2, -0.15) is 0 Å². The molecule has 2 heterocycles. The van der Waals surface area contributed by atoms with Gasteiger partial charge in [-0.15, -0.1) is 0 Å². The van der Waals surface area contributed by atoms with Crippen molar-refractivity contribution in [1.82, 2.24) is 9.80 Å². The van der Waals surface area contributed by atoms with Crippen LogP contribution in [-0.4, -0.2) is 85.6 Å². The standard InChI is InChI=1S/C19H34N2O4/c1-15(23)21(12-19-14-25-19)10-17-5-2-4-16(8-17)9-20(6-3-7-22)11-18-13-24-18/h16-19,22H,2-14H2,1H3. The highest BCUT2D eigenvalue weighted by Gasteiger charge is 2.31. The minimum Gasteiger partial charge on any atom is -0.396 e. The number of hydrogen-bond acceptors (Lipinski definition) is 5. The number of hydrogen-bond donors (Lipinski definition) is 1. The fourth-order valence-electron chi connectivity index (χ4n) is 4.17. The van der Waals surface area contributed by atoms with Gasteiger partial charge in [-0.05, 0) is 37.5 Å². The summed E-state index contributed by atoms with van der Waals surface area (Å²) in [6, 6.07) is 0. The molecule has 1 saturated carbocycles. The lowest BCUT2D eigenvalue weighted by Crippen LogP contribution is -2.40. The largest absolute Gasteiger partial charge is 0.396 e. The van der Waals surface area contributed by atoms with E-state index in [0.717, 1.165) is 52.4 Å². The molecule has 6 nitrogen and oxygen atoms in total. The second kappa shape index (κ2) is 9.31. The van der Waals surface area contributed by atoms with Gasteiger partial charge in [-0.3, -0.25) is 4.79 Å². The maximum Gasteiger partial charge on any atom is 0.219 e. The van der Waals surface area contributed by atoms with Crippen LogP contribution in [0.1, 0.15) is 39.0 Å². The number of aliphatic hydroxyl groups is 1. The van der Waals surface area contributed by atoms with Gasteiger partial charge in [0.25, 0.3) is 0 Å². The molecule has 2 aliphatic heterocycles. The Hall–Kier alpha value is -0.690. The molecule has 2 saturated heterocycles. The molecule has 25 heavy (non-hydrogen) atoms. The van der Waals surface area contributed by atoms with Crippen LogP contribution in [0.3, 0.4) is 0 Å². The molecule has 0 radical (unpaired) electrons. The molecule has 3 aliphatic rings. The average molecular weight is 354 g/mol. The van der Waals surface area contributed by atoms with Crippen LogP contribution in [0.2, 0.25) is 0 Å². The SMILES string of the molecule is CC(=O)N(CC1CCCC(CN(CCCO)CC2CO2)C1)CC1CO1. The van der Waals surface area contributed by atoms with Crippen molar-refractivity contribution in [1.29, 1.82) is 0 Å². The highest BCUT2D eigenvalue weighted by atomic mass is 16.6. The molecule has 0 spiro atoms. The summed E-state index contributed by atoms with van der Waals surface area (Å²) in [5, 5.41) is 9.14. The van der Waals surface area contributed by atoms with Crippen molar-refractivity contribution in [2.45, 2.75) is 51.2 Å². The molecule has 0 aromatic rings. The van der Waals surface area contributed by atoms with E-state index in [2.05, 4.69) is 4.90 Å². The van der Waals surface area contributed by atoms with E-state index in [1.165, 1.54) is 25.7 Å². The smallest absolute Gasteiger partial charge is 0.219 e. The fourth-order valence-corrected chi connectivity index (χ4v) is 4.17. The highest BCUT2D eigenvalue weighted by Crippen LogP contribution is 2.31. The molecule has 6 heteroatoms. The van der Waals surface area contributed by atoms with Crippen molar-refractivity contribution >= 4 is 5.91 Å². The quantitative estimate of drug-likeness (QED) is 0.563. The Balaban J connectivity index is 1.45. The minimum absolute atomic E-state index is 0.174. The van der Waals surface area contributed by atoms with E-state index in [-0.39, 0.29) is 18.6 Å². The fraction of sp³-hybridized carbons (Fsp3) is 0.947. The zero-order valence-corrected chi connectivity index (χ0v) is 15.6. The number of aliphatic hydroxyl groups excluding tert-OH is 1. The minimum atomic E-state index is 0.174. The lowest BCUT2D eigenvalue weighted by Gasteiger charge is -2.35. The van der Waals surface area contributed by atoms with E-state index in [1.807, 2.05) is 4.90 Å². The average Bonchev–Trinajstić information content (AvgIpc) is 3.48. The predicted molar refractivity (Wildman–Crippen MR) is 95.3 cm³/mol. The second-order valence-corrected chi connectivity index (χ2v) is 8.07. The van der Waals surface area contributed by atoms with Crippen LogP contribution < -0.4 is 0 Å². The van der Waals surface area contributed by atoms with Crippen LogP contribution in [0.15, 0.2) is 0 Å². The number of carbonyl (C=O) groups is 1. The third-order valence-corrected chi connectivity index (χ3v) is 5.65. The van der Waals surface area contributed by atoms with Crippen molar-refractivity contribution in [3.05, 3.63) is 0 Å². The Morgan fingerprint density at radius 1 is 1.04 bits per heavy atom. The summed E-state index contributed by atoms with van der Waals surface area (Å²) >= 11 is 0. The van der Waals surface area contributed by atoms with Crippen LogP contribution >= 0.6 is 0 Å². The zero-order valence-electron chi connectivity index (χ0n) is 15.6. The van der Waals surface area contributed by atoms with Gasteiger partial charge in [-0.1, -0.05) is 6.42 Å². The highest BCUT2D eigenvalue weighted by molar-refractivity contribution is 5.73. The molecule has 4 atom stereocenters. The number of rotatable bonds is 11. The molecule has 144 valence electrons. The zero-order chi connectivity index (χ0) is 17.6. The summed E-state index contributed by atoms with van der Waals surface area (Å²) in [6.07, 6.45) is 6.49. The van der Waals surface area contributed by atoms with Gasteiger partial charge in [0.15, 0.2) is 0 Å². The van der Waals surface area contributed by atoms with Crippen molar-refractivity contribution in [2.75, 3.05) is 52.5 Å². The maximum absolute atomic E-state index is 11.9. The Morgan fingerprint density at radius 3 is 2.28 bits per heavy atom. The molecule has 1 amide bonds. The number of nitrogens with zero attached hydrogens (tertiary/aromatic N) is 2. The molecular formula is C19H34N2O4. The molecular weight excluding hydrogens is 320 g/mol. The van der Waals surface area contributed by atoms with E-state index < -0.39 is 0 Å². The topological polar surface area (TPSA) is 68.8 Å². The number of epoxide rings is 2. The molecule has 1 aliphatic carbocycles. The van der Waals surface area contributed by atoms with Crippen molar-refractivity contribution in [2.24, 2.45) is 11.8 Å². The van der Waals surface area contributed by atoms with Crippen LogP contribution in [-0.2, 0) is 14.3 Å². The third kappa shape index (κ3) is 6.85. The second-order valence-electron chi connectivity index (χ2n) is 8.07. The lowest BCUT2D eigenvalue weighted by atomic mass is 9.80. The van der Waals surface area contributed by atoms with Gasteiger partial charge in [0.1, 0.15) is 0 Å². The first kappa shape index (κ1) is 19.1. The monoisotopic (exact) mass is 354 g/mol. The lowest BCUT2D eigenvalue weighted by molar-refractivity contribution is -0.130. The Kier molecular flexibility index (Phi) is 7.10. The number of carbonyl (C=O) groups excluding carboxylic acids is 1. The van der Waals surface area contributed by atoms with Crippen LogP contribution in [0, 0.1) is 11.8 Å². The normalized spacial score (nSPS) is 31.2. The Labute approximate surface area is 151 Å². The molecule has 0 aromatic heterocycles. The predicted octanol–water partition coefficient (Wildman–Crippen LogP) is 1.12. The maximum atomic E-state index is 11.9. The van der Waals surface area contributed by atoms with E-state index in [4.69, 9.17) is 14.6 Å². The van der Waals surface area contributed by atoms with Gasteiger partial charge in [0.05, 0.1) is 25.4 Å². The third-order valence-electron chi connectivity index (χ3n) is 5.65. The number of amides is 1. The summed E-state index contributed by atoms with van der Waals surface area (Å²) in [4.78, 5) is 16.4. The van der Waals surface area contributed by atoms with E-state index in [9.17, 15) is 4.79 Å². The molecule has 1 N–H and O–H groups in total. The van der Waals surface area contributed by atoms with Crippen molar-refractivity contribution < 1.29 is 19.4 Å². The van der Waals surface area contributed by atoms with E-state index in [1.54, 1.807) is 6.92 Å². The van der Waals surface area contributed by atoms with Crippen molar-refractivity contribution in [3.63, 3.8) is 0 Å². The molecule has 3 rings (SSSR count). The first-order valence-corrected chi connectivity index (χ1v) is 9.96. The molecule has 0 bridgehead atoms. The summed E-state index contributed by atoms with van der Waals surface area (Å²) in [7, 11) is 0. The van der Waals surface area contributed by atoms with E-state index >= 15 is 0 Å². The summed E-state index contributed by atoms with van der Waals surface area (Å²) in [6.45, 7) is 8.32. The molecule has 4 unspecified atom stereocenters. The van der Waals surface area contributed by atoms with Gasteiger partial charge in [-0.25, -0.2) is 0 Å². The van der Waals surface area contributed by atoms with Crippen LogP contribution in [0.4, 0.5) is 0 Å². The first-order chi connectivity index (χ1) is 12.1. The van der Waals surface area contributed by atoms with Gasteiger partial charge >= 0.3 is 0 Å². The van der Waals surface area contributed by atoms with Crippen LogP contribution in [0.25, 0.3) is 0 Å². The summed E-state index contributed by atoms with van der Waals surface area (Å²) < 4.78 is 10.7. The van der Waals surface area contributed by atoms with Gasteiger partial charge in [0.2, 0.25) is 5.91 Å². The molecule has 3 fully saturated rings. The van der Waals surface area contributed by atoms with Gasteiger partial charge < -0.3 is 24.4 Å². The van der Waals surface area contributed by atoms with Crippen molar-refractivity contribution in [3.8, 4) is 0 Å². The Morgan fingerprint density at radius 2 is 1.68 bits per heavy atom.